The highest BCUT2D eigenvalue weighted by Crippen LogP contribution is 2.39. The topological polar surface area (TPSA) is 66.0 Å². The van der Waals surface area contributed by atoms with E-state index >= 15 is 0 Å². The van der Waals surface area contributed by atoms with E-state index in [1.54, 1.807) is 26.2 Å². The summed E-state index contributed by atoms with van der Waals surface area (Å²) >= 11 is 0. The van der Waals surface area contributed by atoms with Gasteiger partial charge in [0.25, 0.3) is 0 Å². The van der Waals surface area contributed by atoms with Gasteiger partial charge in [-0.1, -0.05) is 6.07 Å². The molecule has 0 heterocycles. The molecule has 1 aromatic rings. The van der Waals surface area contributed by atoms with E-state index in [4.69, 9.17) is 19.0 Å². The summed E-state index contributed by atoms with van der Waals surface area (Å²) in [6, 6.07) is 3.48. The van der Waals surface area contributed by atoms with Gasteiger partial charge in [-0.15, -0.1) is 0 Å². The average molecular weight is 269 g/mol. The van der Waals surface area contributed by atoms with Crippen molar-refractivity contribution in [3.05, 3.63) is 17.7 Å². The molecule has 0 fully saturated rings. The van der Waals surface area contributed by atoms with Crippen molar-refractivity contribution in [2.45, 2.75) is 13.3 Å². The van der Waals surface area contributed by atoms with Crippen LogP contribution in [0.5, 0.6) is 17.2 Å². The molecule has 0 aliphatic carbocycles. The summed E-state index contributed by atoms with van der Waals surface area (Å²) in [5, 5.41) is 0. The second-order valence-corrected chi connectivity index (χ2v) is 3.63. The lowest BCUT2D eigenvalue weighted by molar-refractivity contribution is -0.132. The Hall–Kier alpha value is -1.95. The van der Waals surface area contributed by atoms with Gasteiger partial charge in [-0.05, 0) is 13.0 Å². The Morgan fingerprint density at radius 2 is 1.79 bits per heavy atom. The summed E-state index contributed by atoms with van der Waals surface area (Å²) < 4.78 is 15.7. The number of nitrogens with one attached hydrogen (secondary N) is 1. The van der Waals surface area contributed by atoms with E-state index in [1.165, 1.54) is 14.2 Å². The maximum atomic E-state index is 11.6. The Morgan fingerprint density at radius 3 is 2.32 bits per heavy atom. The molecule has 0 radical (unpaired) electrons. The van der Waals surface area contributed by atoms with Crippen LogP contribution in [0.15, 0.2) is 12.1 Å². The summed E-state index contributed by atoms with van der Waals surface area (Å²) in [7, 11) is 4.57. The second kappa shape index (κ2) is 7.48. The molecule has 6 nitrogen and oxygen atoms in total. The highest BCUT2D eigenvalue weighted by atomic mass is 16.6. The molecule has 0 aliphatic heterocycles. The van der Waals surface area contributed by atoms with E-state index in [9.17, 15) is 4.79 Å². The molecule has 0 spiro atoms. The van der Waals surface area contributed by atoms with Crippen molar-refractivity contribution in [2.75, 3.05) is 27.9 Å². The van der Waals surface area contributed by atoms with Crippen molar-refractivity contribution in [3.63, 3.8) is 0 Å². The molecule has 1 amide bonds. The fourth-order valence-electron chi connectivity index (χ4n) is 1.66. The van der Waals surface area contributed by atoms with Gasteiger partial charge in [0, 0.05) is 5.56 Å². The van der Waals surface area contributed by atoms with Crippen LogP contribution in [-0.2, 0) is 16.1 Å². The zero-order valence-corrected chi connectivity index (χ0v) is 11.6. The lowest BCUT2D eigenvalue weighted by Crippen LogP contribution is -2.25. The van der Waals surface area contributed by atoms with Crippen LogP contribution in [-0.4, -0.2) is 33.8 Å². The molecule has 0 aromatic heterocycles. The van der Waals surface area contributed by atoms with Gasteiger partial charge in [-0.3, -0.25) is 9.63 Å². The molecule has 0 saturated heterocycles. The first-order chi connectivity index (χ1) is 9.17. The molecule has 19 heavy (non-hydrogen) atoms. The van der Waals surface area contributed by atoms with E-state index in [0.29, 0.717) is 29.4 Å². The van der Waals surface area contributed by atoms with E-state index < -0.39 is 0 Å². The van der Waals surface area contributed by atoms with Crippen LogP contribution in [0.2, 0.25) is 0 Å². The summed E-state index contributed by atoms with van der Waals surface area (Å²) in [6.07, 6.45) is 0.128. The van der Waals surface area contributed by atoms with Crippen molar-refractivity contribution in [2.24, 2.45) is 0 Å². The van der Waals surface area contributed by atoms with Gasteiger partial charge in [0.2, 0.25) is 11.7 Å². The fraction of sp³-hybridized carbons (Fsp3) is 0.462. The Balaban J connectivity index is 2.98. The molecular weight excluding hydrogens is 250 g/mol. The zero-order chi connectivity index (χ0) is 14.3. The average Bonchev–Trinajstić information content (AvgIpc) is 2.44. The van der Waals surface area contributed by atoms with Crippen molar-refractivity contribution >= 4 is 5.91 Å². The summed E-state index contributed by atoms with van der Waals surface area (Å²) in [4.78, 5) is 16.5. The molecular formula is C13H19NO5. The molecule has 6 heteroatoms. The fourth-order valence-corrected chi connectivity index (χ4v) is 1.66. The number of methoxy groups -OCH3 is 3. The van der Waals surface area contributed by atoms with Crippen LogP contribution in [0, 0.1) is 0 Å². The third-order valence-corrected chi connectivity index (χ3v) is 2.47. The van der Waals surface area contributed by atoms with E-state index in [0.717, 1.165) is 0 Å². The van der Waals surface area contributed by atoms with Crippen LogP contribution in [0.1, 0.15) is 12.5 Å². The number of carbonyl (C=O) groups excluding carboxylic acids is 1. The summed E-state index contributed by atoms with van der Waals surface area (Å²) in [6.45, 7) is 2.20. The Bertz CT molecular complexity index is 433. The molecule has 1 rings (SSSR count). The van der Waals surface area contributed by atoms with Crippen LogP contribution >= 0.6 is 0 Å². The van der Waals surface area contributed by atoms with E-state index in [-0.39, 0.29) is 12.3 Å². The Morgan fingerprint density at radius 1 is 1.11 bits per heavy atom. The van der Waals surface area contributed by atoms with Gasteiger partial charge in [-0.2, -0.15) is 0 Å². The standard InChI is InChI=1S/C13H19NO5/c1-5-19-14-11(15)8-9-6-7-10(16-2)13(18-4)12(9)17-3/h6-7H,5,8H2,1-4H3,(H,14,15). The molecule has 0 bridgehead atoms. The van der Waals surface area contributed by atoms with E-state index in [2.05, 4.69) is 5.48 Å². The highest BCUT2D eigenvalue weighted by molar-refractivity contribution is 5.79. The van der Waals surface area contributed by atoms with Crippen molar-refractivity contribution in [3.8, 4) is 17.2 Å². The smallest absolute Gasteiger partial charge is 0.248 e. The molecule has 1 N–H and O–H groups in total. The number of hydrogen-bond donors (Lipinski definition) is 1. The number of rotatable bonds is 7. The first-order valence-electron chi connectivity index (χ1n) is 5.86. The third-order valence-electron chi connectivity index (χ3n) is 2.47. The second-order valence-electron chi connectivity index (χ2n) is 3.63. The largest absolute Gasteiger partial charge is 0.493 e. The van der Waals surface area contributed by atoms with E-state index in [1.807, 2.05) is 0 Å². The van der Waals surface area contributed by atoms with Crippen LogP contribution in [0.4, 0.5) is 0 Å². The number of hydroxylamine groups is 1. The maximum absolute atomic E-state index is 11.6. The number of carbonyl (C=O) groups is 1. The SMILES string of the molecule is CCONC(=O)Cc1ccc(OC)c(OC)c1OC. The Kier molecular flexibility index (Phi) is 5.95. The number of hydrogen-bond acceptors (Lipinski definition) is 5. The zero-order valence-electron chi connectivity index (χ0n) is 11.6. The normalized spacial score (nSPS) is 9.89. The molecule has 106 valence electrons. The molecule has 1 aromatic carbocycles. The third kappa shape index (κ3) is 3.75. The van der Waals surface area contributed by atoms with Gasteiger partial charge >= 0.3 is 0 Å². The van der Waals surface area contributed by atoms with Crippen LogP contribution in [0.3, 0.4) is 0 Å². The highest BCUT2D eigenvalue weighted by Gasteiger charge is 2.17. The number of benzene rings is 1. The predicted octanol–water partition coefficient (Wildman–Crippen LogP) is 1.32. The Labute approximate surface area is 112 Å². The lowest BCUT2D eigenvalue weighted by Gasteiger charge is -2.15. The molecule has 0 saturated carbocycles. The number of ether oxygens (including phenoxy) is 3. The molecule has 0 unspecified atom stereocenters. The van der Waals surface area contributed by atoms with Gasteiger partial charge in [0.05, 0.1) is 34.4 Å². The first-order valence-corrected chi connectivity index (χ1v) is 5.86. The lowest BCUT2D eigenvalue weighted by atomic mass is 10.1. The summed E-state index contributed by atoms with van der Waals surface area (Å²) in [5.74, 6) is 1.24. The van der Waals surface area contributed by atoms with Crippen molar-refractivity contribution in [1.29, 1.82) is 0 Å². The molecule has 0 atom stereocenters. The van der Waals surface area contributed by atoms with Crippen molar-refractivity contribution < 1.29 is 23.8 Å². The van der Waals surface area contributed by atoms with Gasteiger partial charge in [-0.25, -0.2) is 5.48 Å². The first kappa shape index (κ1) is 15.1. The van der Waals surface area contributed by atoms with Crippen LogP contribution in [0.25, 0.3) is 0 Å². The monoisotopic (exact) mass is 269 g/mol. The van der Waals surface area contributed by atoms with Crippen LogP contribution < -0.4 is 19.7 Å². The van der Waals surface area contributed by atoms with Crippen molar-refractivity contribution in [1.82, 2.24) is 5.48 Å². The minimum Gasteiger partial charge on any atom is -0.493 e. The van der Waals surface area contributed by atoms with Gasteiger partial charge < -0.3 is 14.2 Å². The summed E-state index contributed by atoms with van der Waals surface area (Å²) in [5.41, 5.74) is 3.02. The minimum absolute atomic E-state index is 0.128. The van der Waals surface area contributed by atoms with Gasteiger partial charge in [0.1, 0.15) is 0 Å². The maximum Gasteiger partial charge on any atom is 0.248 e. The minimum atomic E-state index is -0.257. The molecule has 0 aliphatic rings. The predicted molar refractivity (Wildman–Crippen MR) is 69.6 cm³/mol. The quantitative estimate of drug-likeness (QED) is 0.756. The number of amides is 1. The van der Waals surface area contributed by atoms with Gasteiger partial charge in [0.15, 0.2) is 11.5 Å².